The van der Waals surface area contributed by atoms with Crippen LogP contribution in [0.3, 0.4) is 0 Å². The highest BCUT2D eigenvalue weighted by Gasteiger charge is 2.32. The average molecular weight is 338 g/mol. The third kappa shape index (κ3) is 4.85. The molecular formula is C19H35N3O2. The smallest absolute Gasteiger partial charge is 0.315 e. The fourth-order valence-electron chi connectivity index (χ4n) is 4.71. The number of piperidine rings is 1. The lowest BCUT2D eigenvalue weighted by Crippen LogP contribution is -2.54. The lowest BCUT2D eigenvalue weighted by molar-refractivity contribution is 0.00774. The predicted molar refractivity (Wildman–Crippen MR) is 95.9 cm³/mol. The molecule has 2 saturated carbocycles. The maximum Gasteiger partial charge on any atom is 0.315 e. The van der Waals surface area contributed by atoms with Crippen LogP contribution in [0.25, 0.3) is 0 Å². The molecule has 0 aromatic heterocycles. The first-order valence-electron chi connectivity index (χ1n) is 10.1. The first kappa shape index (κ1) is 18.0. The molecule has 0 bridgehead atoms. The van der Waals surface area contributed by atoms with Crippen LogP contribution in [-0.4, -0.2) is 53.4 Å². The first-order valence-corrected chi connectivity index (χ1v) is 10.1. The number of likely N-dealkylation sites (tertiary alicyclic amines) is 1. The highest BCUT2D eigenvalue weighted by molar-refractivity contribution is 5.74. The van der Waals surface area contributed by atoms with Crippen molar-refractivity contribution in [3.05, 3.63) is 0 Å². The van der Waals surface area contributed by atoms with Crippen LogP contribution in [-0.2, 0) is 0 Å². The molecule has 3 aliphatic rings. The van der Waals surface area contributed by atoms with Crippen LogP contribution in [0.15, 0.2) is 0 Å². The Kier molecular flexibility index (Phi) is 6.39. The number of urea groups is 1. The molecule has 1 saturated heterocycles. The van der Waals surface area contributed by atoms with Gasteiger partial charge in [-0.3, -0.25) is 4.90 Å². The van der Waals surface area contributed by atoms with E-state index in [2.05, 4.69) is 22.5 Å². The molecule has 0 radical (unpaired) electrons. The van der Waals surface area contributed by atoms with Gasteiger partial charge in [-0.2, -0.15) is 0 Å². The van der Waals surface area contributed by atoms with Crippen molar-refractivity contribution in [3.63, 3.8) is 0 Å². The number of hydrogen-bond acceptors (Lipinski definition) is 3. The standard InChI is InChI=1S/C19H35N3O2/c1-14-6-8-15(9-7-14)20-19(24)21-16-10-12-22(13-11-16)17-4-2-3-5-18(17)23/h14-18,23H,2-13H2,1H3,(H2,20,21,24). The summed E-state index contributed by atoms with van der Waals surface area (Å²) < 4.78 is 0. The van der Waals surface area contributed by atoms with Crippen LogP contribution < -0.4 is 10.6 Å². The molecule has 0 spiro atoms. The number of rotatable bonds is 3. The Morgan fingerprint density at radius 1 is 0.875 bits per heavy atom. The topological polar surface area (TPSA) is 64.6 Å². The van der Waals surface area contributed by atoms with Crippen LogP contribution >= 0.6 is 0 Å². The zero-order valence-electron chi connectivity index (χ0n) is 15.2. The van der Waals surface area contributed by atoms with Gasteiger partial charge in [0.15, 0.2) is 0 Å². The minimum Gasteiger partial charge on any atom is -0.391 e. The van der Waals surface area contributed by atoms with Crippen molar-refractivity contribution in [2.24, 2.45) is 5.92 Å². The fraction of sp³-hybridized carbons (Fsp3) is 0.947. The third-order valence-corrected chi connectivity index (χ3v) is 6.38. The summed E-state index contributed by atoms with van der Waals surface area (Å²) in [5.41, 5.74) is 0. The van der Waals surface area contributed by atoms with Gasteiger partial charge in [-0.25, -0.2) is 4.79 Å². The van der Waals surface area contributed by atoms with E-state index in [-0.39, 0.29) is 18.2 Å². The summed E-state index contributed by atoms with van der Waals surface area (Å²) >= 11 is 0. The summed E-state index contributed by atoms with van der Waals surface area (Å²) in [6.45, 7) is 4.29. The second-order valence-corrected chi connectivity index (χ2v) is 8.30. The van der Waals surface area contributed by atoms with Crippen molar-refractivity contribution in [1.29, 1.82) is 0 Å². The highest BCUT2D eigenvalue weighted by atomic mass is 16.3. The molecule has 2 atom stereocenters. The number of hydrogen-bond donors (Lipinski definition) is 3. The Bertz CT molecular complexity index is 401. The van der Waals surface area contributed by atoms with E-state index in [9.17, 15) is 9.90 Å². The molecule has 2 aliphatic carbocycles. The second kappa shape index (κ2) is 8.52. The molecule has 138 valence electrons. The van der Waals surface area contributed by atoms with Gasteiger partial charge >= 0.3 is 6.03 Å². The summed E-state index contributed by atoms with van der Waals surface area (Å²) in [5.74, 6) is 0.811. The number of carbonyl (C=O) groups is 1. The predicted octanol–water partition coefficient (Wildman–Crippen LogP) is 2.63. The van der Waals surface area contributed by atoms with Gasteiger partial charge in [0.2, 0.25) is 0 Å². The number of nitrogens with zero attached hydrogens (tertiary/aromatic N) is 1. The molecule has 2 unspecified atom stereocenters. The maximum atomic E-state index is 12.2. The molecule has 3 fully saturated rings. The normalized spacial score (nSPS) is 36.2. The molecule has 1 heterocycles. The van der Waals surface area contributed by atoms with E-state index >= 15 is 0 Å². The number of amides is 2. The lowest BCUT2D eigenvalue weighted by atomic mass is 9.87. The van der Waals surface area contributed by atoms with Crippen molar-refractivity contribution in [1.82, 2.24) is 15.5 Å². The van der Waals surface area contributed by atoms with Crippen LogP contribution in [0.1, 0.15) is 71.1 Å². The van der Waals surface area contributed by atoms with E-state index in [1.54, 1.807) is 0 Å². The van der Waals surface area contributed by atoms with E-state index in [0.717, 1.165) is 64.0 Å². The monoisotopic (exact) mass is 337 g/mol. The summed E-state index contributed by atoms with van der Waals surface area (Å²) in [6.07, 6.45) is 11.0. The van der Waals surface area contributed by atoms with Crippen molar-refractivity contribution in [2.75, 3.05) is 13.1 Å². The van der Waals surface area contributed by atoms with E-state index in [1.807, 2.05) is 0 Å². The summed E-state index contributed by atoms with van der Waals surface area (Å²) in [4.78, 5) is 14.7. The molecule has 5 heteroatoms. The Balaban J connectivity index is 1.36. The van der Waals surface area contributed by atoms with Crippen molar-refractivity contribution >= 4 is 6.03 Å². The van der Waals surface area contributed by atoms with Crippen LogP contribution in [0.2, 0.25) is 0 Å². The molecule has 24 heavy (non-hydrogen) atoms. The third-order valence-electron chi connectivity index (χ3n) is 6.38. The largest absolute Gasteiger partial charge is 0.391 e. The van der Waals surface area contributed by atoms with E-state index in [0.29, 0.717) is 12.1 Å². The van der Waals surface area contributed by atoms with Crippen molar-refractivity contribution in [2.45, 2.75) is 95.4 Å². The van der Waals surface area contributed by atoms with E-state index in [4.69, 9.17) is 0 Å². The maximum absolute atomic E-state index is 12.2. The number of aliphatic hydroxyl groups is 1. The molecular weight excluding hydrogens is 302 g/mol. The Morgan fingerprint density at radius 2 is 1.46 bits per heavy atom. The molecule has 5 nitrogen and oxygen atoms in total. The zero-order valence-corrected chi connectivity index (χ0v) is 15.2. The molecule has 3 N–H and O–H groups in total. The summed E-state index contributed by atoms with van der Waals surface area (Å²) in [6, 6.07) is 1.01. The van der Waals surface area contributed by atoms with Gasteiger partial charge in [0.25, 0.3) is 0 Å². The summed E-state index contributed by atoms with van der Waals surface area (Å²) in [5, 5.41) is 16.5. The quantitative estimate of drug-likeness (QED) is 0.742. The first-order chi connectivity index (χ1) is 11.6. The SMILES string of the molecule is CC1CCC(NC(=O)NC2CCN(C3CCCCC3O)CC2)CC1. The second-order valence-electron chi connectivity index (χ2n) is 8.30. The molecule has 2 amide bonds. The van der Waals surface area contributed by atoms with Gasteiger partial charge in [0, 0.05) is 31.2 Å². The Morgan fingerprint density at radius 3 is 2.08 bits per heavy atom. The zero-order chi connectivity index (χ0) is 16.9. The number of nitrogens with one attached hydrogen (secondary N) is 2. The molecule has 1 aliphatic heterocycles. The average Bonchev–Trinajstić information content (AvgIpc) is 2.58. The molecule has 0 aromatic rings. The highest BCUT2D eigenvalue weighted by Crippen LogP contribution is 2.26. The minimum atomic E-state index is -0.153. The Hall–Kier alpha value is -0.810. The van der Waals surface area contributed by atoms with Gasteiger partial charge in [0.1, 0.15) is 0 Å². The molecule has 3 rings (SSSR count). The van der Waals surface area contributed by atoms with Crippen molar-refractivity contribution < 1.29 is 9.90 Å². The Labute approximate surface area is 146 Å². The van der Waals surface area contributed by atoms with Gasteiger partial charge < -0.3 is 15.7 Å². The van der Waals surface area contributed by atoms with Crippen LogP contribution in [0, 0.1) is 5.92 Å². The van der Waals surface area contributed by atoms with Gasteiger partial charge in [-0.05, 0) is 57.3 Å². The van der Waals surface area contributed by atoms with Crippen LogP contribution in [0.5, 0.6) is 0 Å². The van der Waals surface area contributed by atoms with Gasteiger partial charge in [-0.1, -0.05) is 19.8 Å². The van der Waals surface area contributed by atoms with Gasteiger partial charge in [-0.15, -0.1) is 0 Å². The lowest BCUT2D eigenvalue weighted by Gasteiger charge is -2.41. The summed E-state index contributed by atoms with van der Waals surface area (Å²) in [7, 11) is 0. The fourth-order valence-corrected chi connectivity index (χ4v) is 4.71. The van der Waals surface area contributed by atoms with Crippen molar-refractivity contribution in [3.8, 4) is 0 Å². The molecule has 0 aromatic carbocycles. The van der Waals surface area contributed by atoms with E-state index in [1.165, 1.54) is 19.3 Å². The van der Waals surface area contributed by atoms with E-state index < -0.39 is 0 Å². The van der Waals surface area contributed by atoms with Crippen LogP contribution in [0.4, 0.5) is 4.79 Å². The minimum absolute atomic E-state index is 0.0192. The number of carbonyl (C=O) groups excluding carboxylic acids is 1. The van der Waals surface area contributed by atoms with Gasteiger partial charge in [0.05, 0.1) is 6.10 Å². The number of aliphatic hydroxyl groups excluding tert-OH is 1.